The molecule has 0 radical (unpaired) electrons. The van der Waals surface area contributed by atoms with E-state index in [0.717, 1.165) is 62.1 Å². The molecular formula is C21H22ClN3O2. The number of ether oxygens (including phenoxy) is 1. The van der Waals surface area contributed by atoms with Crippen molar-refractivity contribution in [1.82, 2.24) is 9.97 Å². The van der Waals surface area contributed by atoms with E-state index in [-0.39, 0.29) is 12.0 Å². The number of halogens is 1. The van der Waals surface area contributed by atoms with Crippen LogP contribution in [-0.2, 0) is 22.4 Å². The summed E-state index contributed by atoms with van der Waals surface area (Å²) in [5, 5.41) is 0.674. The highest BCUT2D eigenvalue weighted by Crippen LogP contribution is 2.38. The highest BCUT2D eigenvalue weighted by atomic mass is 35.5. The lowest BCUT2D eigenvalue weighted by Crippen LogP contribution is -2.45. The summed E-state index contributed by atoms with van der Waals surface area (Å²) < 4.78 is 5.38. The van der Waals surface area contributed by atoms with Crippen molar-refractivity contribution >= 4 is 23.4 Å². The van der Waals surface area contributed by atoms with Crippen LogP contribution in [0.5, 0.6) is 0 Å². The summed E-state index contributed by atoms with van der Waals surface area (Å²) in [6.07, 6.45) is 6.19. The van der Waals surface area contributed by atoms with E-state index < -0.39 is 0 Å². The van der Waals surface area contributed by atoms with E-state index in [2.05, 4.69) is 4.90 Å². The average molecular weight is 384 g/mol. The van der Waals surface area contributed by atoms with Crippen LogP contribution in [0.15, 0.2) is 24.3 Å². The van der Waals surface area contributed by atoms with Gasteiger partial charge in [0.1, 0.15) is 11.9 Å². The van der Waals surface area contributed by atoms with Crippen molar-refractivity contribution in [3.05, 3.63) is 40.5 Å². The van der Waals surface area contributed by atoms with Crippen LogP contribution in [0.2, 0.25) is 5.02 Å². The van der Waals surface area contributed by atoms with Crippen molar-refractivity contribution in [2.75, 3.05) is 18.1 Å². The Bertz CT molecular complexity index is 901. The van der Waals surface area contributed by atoms with Crippen LogP contribution < -0.4 is 4.90 Å². The first-order valence-corrected chi connectivity index (χ1v) is 10.2. The fourth-order valence-corrected chi connectivity index (χ4v) is 4.87. The Labute approximate surface area is 163 Å². The molecule has 1 aromatic carbocycles. The molecule has 140 valence electrons. The zero-order valence-corrected chi connectivity index (χ0v) is 15.9. The number of aryl methyl sites for hydroxylation is 1. The number of esters is 1. The number of rotatable bonds is 2. The fourth-order valence-electron chi connectivity index (χ4n) is 4.68. The Balaban J connectivity index is 1.62. The van der Waals surface area contributed by atoms with Gasteiger partial charge in [-0.05, 0) is 56.6 Å². The number of carbonyl (C=O) groups is 1. The molecule has 2 atom stereocenters. The third kappa shape index (κ3) is 2.98. The van der Waals surface area contributed by atoms with Crippen LogP contribution in [0.4, 0.5) is 5.82 Å². The Morgan fingerprint density at radius 1 is 1.15 bits per heavy atom. The van der Waals surface area contributed by atoms with E-state index in [0.29, 0.717) is 23.4 Å². The van der Waals surface area contributed by atoms with Crippen molar-refractivity contribution in [2.24, 2.45) is 5.92 Å². The number of cyclic esters (lactones) is 1. The normalized spacial score (nSPS) is 24.3. The predicted octanol–water partition coefficient (Wildman–Crippen LogP) is 3.82. The Hall–Kier alpha value is -2.14. The molecule has 2 saturated heterocycles. The Kier molecular flexibility index (Phi) is 4.27. The van der Waals surface area contributed by atoms with Crippen LogP contribution >= 0.6 is 11.6 Å². The van der Waals surface area contributed by atoms with E-state index >= 15 is 0 Å². The second kappa shape index (κ2) is 6.79. The second-order valence-electron chi connectivity index (χ2n) is 7.66. The van der Waals surface area contributed by atoms with Crippen LogP contribution in [-0.4, -0.2) is 35.1 Å². The van der Waals surface area contributed by atoms with E-state index in [1.54, 1.807) is 0 Å². The molecule has 0 N–H and O–H groups in total. The number of hydrogen-bond acceptors (Lipinski definition) is 5. The van der Waals surface area contributed by atoms with Gasteiger partial charge in [-0.1, -0.05) is 23.7 Å². The molecule has 2 aromatic rings. The minimum atomic E-state index is -0.202. The highest BCUT2D eigenvalue weighted by molar-refractivity contribution is 6.30. The quantitative estimate of drug-likeness (QED) is 0.738. The maximum Gasteiger partial charge on any atom is 0.329 e. The van der Waals surface area contributed by atoms with Crippen molar-refractivity contribution in [3.8, 4) is 11.4 Å². The Morgan fingerprint density at radius 2 is 2.04 bits per heavy atom. The smallest absolute Gasteiger partial charge is 0.329 e. The van der Waals surface area contributed by atoms with Crippen LogP contribution in [0.3, 0.4) is 0 Å². The van der Waals surface area contributed by atoms with Gasteiger partial charge in [-0.25, -0.2) is 14.8 Å². The third-order valence-corrected chi connectivity index (χ3v) is 6.25. The number of anilines is 1. The zero-order chi connectivity index (χ0) is 18.4. The lowest BCUT2D eigenvalue weighted by Gasteiger charge is -2.33. The van der Waals surface area contributed by atoms with Gasteiger partial charge in [-0.15, -0.1) is 0 Å². The maximum absolute atomic E-state index is 12.5. The summed E-state index contributed by atoms with van der Waals surface area (Å²) in [4.78, 5) is 24.5. The number of aromatic nitrogens is 2. The van der Waals surface area contributed by atoms with Crippen molar-refractivity contribution in [3.63, 3.8) is 0 Å². The van der Waals surface area contributed by atoms with Gasteiger partial charge in [-0.3, -0.25) is 0 Å². The minimum absolute atomic E-state index is 0.101. The lowest BCUT2D eigenvalue weighted by molar-refractivity contribution is -0.150. The molecule has 5 rings (SSSR count). The first-order chi connectivity index (χ1) is 13.2. The third-order valence-electron chi connectivity index (χ3n) is 6.01. The molecule has 27 heavy (non-hydrogen) atoms. The molecular weight excluding hydrogens is 362 g/mol. The number of fused-ring (bicyclic) bond motifs is 2. The lowest BCUT2D eigenvalue weighted by atomic mass is 9.93. The monoisotopic (exact) mass is 383 g/mol. The number of benzene rings is 1. The maximum atomic E-state index is 12.5. The molecule has 1 aromatic heterocycles. The molecule has 1 aliphatic carbocycles. The summed E-state index contributed by atoms with van der Waals surface area (Å²) in [5.74, 6) is 1.90. The van der Waals surface area contributed by atoms with Gasteiger partial charge < -0.3 is 9.64 Å². The van der Waals surface area contributed by atoms with E-state index in [1.165, 1.54) is 5.56 Å². The topological polar surface area (TPSA) is 55.3 Å². The SMILES string of the molecule is O=C1OCC[C@@H]2CCN(c3nc(-c4cccc(Cl)c4)nc4c3CCCC4)[C@@H]12. The van der Waals surface area contributed by atoms with Gasteiger partial charge in [0.05, 0.1) is 6.61 Å². The van der Waals surface area contributed by atoms with Crippen molar-refractivity contribution in [1.29, 1.82) is 0 Å². The van der Waals surface area contributed by atoms with Crippen LogP contribution in [0.1, 0.15) is 36.9 Å². The second-order valence-corrected chi connectivity index (χ2v) is 8.09. The number of carbonyl (C=O) groups excluding carboxylic acids is 1. The number of hydrogen-bond donors (Lipinski definition) is 0. The van der Waals surface area contributed by atoms with Crippen molar-refractivity contribution in [2.45, 2.75) is 44.6 Å². The molecule has 3 aliphatic rings. The molecule has 0 unspecified atom stereocenters. The highest BCUT2D eigenvalue weighted by Gasteiger charge is 2.44. The standard InChI is InChI=1S/C21H22ClN3O2/c22-15-5-3-4-14(12-15)19-23-17-7-2-1-6-16(17)20(24-19)25-10-8-13-9-11-27-21(26)18(13)25/h3-5,12-13,18H,1-2,6-11H2/t13-,18+/m0/s1. The summed E-state index contributed by atoms with van der Waals surface area (Å²) in [5.41, 5.74) is 3.25. The van der Waals surface area contributed by atoms with Crippen LogP contribution in [0.25, 0.3) is 11.4 Å². The summed E-state index contributed by atoms with van der Waals surface area (Å²) in [7, 11) is 0. The average Bonchev–Trinajstić information content (AvgIpc) is 3.12. The van der Waals surface area contributed by atoms with Gasteiger partial charge in [0.2, 0.25) is 0 Å². The van der Waals surface area contributed by atoms with E-state index in [9.17, 15) is 4.79 Å². The van der Waals surface area contributed by atoms with E-state index in [4.69, 9.17) is 26.3 Å². The van der Waals surface area contributed by atoms with E-state index in [1.807, 2.05) is 24.3 Å². The van der Waals surface area contributed by atoms with Gasteiger partial charge >= 0.3 is 5.97 Å². The molecule has 2 fully saturated rings. The molecule has 0 amide bonds. The zero-order valence-electron chi connectivity index (χ0n) is 15.2. The van der Waals surface area contributed by atoms with Gasteiger partial charge in [0.15, 0.2) is 5.82 Å². The molecule has 6 heteroatoms. The predicted molar refractivity (Wildman–Crippen MR) is 104 cm³/mol. The molecule has 0 spiro atoms. The largest absolute Gasteiger partial charge is 0.464 e. The molecule has 3 heterocycles. The minimum Gasteiger partial charge on any atom is -0.464 e. The number of nitrogens with zero attached hydrogens (tertiary/aromatic N) is 3. The first kappa shape index (κ1) is 17.0. The molecule has 5 nitrogen and oxygen atoms in total. The first-order valence-electron chi connectivity index (χ1n) is 9.80. The molecule has 0 saturated carbocycles. The summed E-state index contributed by atoms with van der Waals surface area (Å²) >= 11 is 6.19. The Morgan fingerprint density at radius 3 is 2.93 bits per heavy atom. The summed E-state index contributed by atoms with van der Waals surface area (Å²) in [6, 6.07) is 7.46. The molecule has 2 aliphatic heterocycles. The van der Waals surface area contributed by atoms with Crippen LogP contribution in [0, 0.1) is 5.92 Å². The fraction of sp³-hybridized carbons (Fsp3) is 0.476. The molecule has 0 bridgehead atoms. The van der Waals surface area contributed by atoms with Gasteiger partial charge in [0, 0.05) is 28.4 Å². The summed E-state index contributed by atoms with van der Waals surface area (Å²) in [6.45, 7) is 1.40. The van der Waals surface area contributed by atoms with Gasteiger partial charge in [0.25, 0.3) is 0 Å². The van der Waals surface area contributed by atoms with Crippen molar-refractivity contribution < 1.29 is 9.53 Å². The van der Waals surface area contributed by atoms with Gasteiger partial charge in [-0.2, -0.15) is 0 Å².